The molecule has 6 nitrogen and oxygen atoms in total. The van der Waals surface area contributed by atoms with Crippen LogP contribution in [0.5, 0.6) is 5.75 Å². The molecule has 1 fully saturated rings. The van der Waals surface area contributed by atoms with E-state index in [0.29, 0.717) is 34.2 Å². The lowest BCUT2D eigenvalue weighted by Gasteiger charge is -2.27. The van der Waals surface area contributed by atoms with E-state index in [1.807, 2.05) is 40.7 Å². The first kappa shape index (κ1) is 25.5. The smallest absolute Gasteiger partial charge is 0.300 e. The molecule has 1 atom stereocenters. The van der Waals surface area contributed by atoms with Crippen molar-refractivity contribution in [2.45, 2.75) is 46.1 Å². The van der Waals surface area contributed by atoms with Crippen LogP contribution < -0.4 is 9.64 Å². The highest BCUT2D eigenvalue weighted by Crippen LogP contribution is 2.44. The van der Waals surface area contributed by atoms with Gasteiger partial charge in [0.1, 0.15) is 11.5 Å². The standard InChI is InChI=1S/C29H29ClN2O4/c1-6-36-23-12-10-18(14-21(23)29(3,4)5)26(33)24-25(19-8-7-13-31-16-19)32(28(35)27(24)34)22-15-20(30)11-9-17(22)2/h7-16,25,33H,6H2,1-5H3/b26-24-. The maximum absolute atomic E-state index is 13.4. The number of hydrogen-bond acceptors (Lipinski definition) is 5. The van der Waals surface area contributed by atoms with Crippen LogP contribution in [0, 0.1) is 6.92 Å². The fraction of sp³-hybridized carbons (Fsp3) is 0.276. The number of rotatable bonds is 5. The number of carbonyl (C=O) groups is 2. The summed E-state index contributed by atoms with van der Waals surface area (Å²) in [5.41, 5.74) is 2.89. The number of benzene rings is 2. The van der Waals surface area contributed by atoms with Crippen molar-refractivity contribution in [3.8, 4) is 5.75 Å². The van der Waals surface area contributed by atoms with Crippen molar-refractivity contribution in [2.24, 2.45) is 0 Å². The number of halogens is 1. The molecule has 2 heterocycles. The molecule has 1 unspecified atom stereocenters. The van der Waals surface area contributed by atoms with Crippen molar-refractivity contribution in [3.63, 3.8) is 0 Å². The first-order valence-electron chi connectivity index (χ1n) is 11.8. The molecule has 0 radical (unpaired) electrons. The van der Waals surface area contributed by atoms with Gasteiger partial charge in [0.25, 0.3) is 11.7 Å². The molecule has 7 heteroatoms. The number of Topliss-reactive ketones (excluding diaryl/α,β-unsaturated/α-hetero) is 1. The predicted octanol–water partition coefficient (Wildman–Crippen LogP) is 6.37. The molecule has 0 saturated carbocycles. The van der Waals surface area contributed by atoms with E-state index in [9.17, 15) is 14.7 Å². The van der Waals surface area contributed by atoms with E-state index in [1.54, 1.807) is 54.9 Å². The maximum atomic E-state index is 13.4. The predicted molar refractivity (Wildman–Crippen MR) is 142 cm³/mol. The van der Waals surface area contributed by atoms with Gasteiger partial charge in [-0.05, 0) is 66.8 Å². The normalized spacial score (nSPS) is 17.5. The van der Waals surface area contributed by atoms with Crippen LogP contribution in [0.25, 0.3) is 5.76 Å². The molecule has 1 N–H and O–H groups in total. The molecular weight excluding hydrogens is 476 g/mol. The highest BCUT2D eigenvalue weighted by Gasteiger charge is 2.47. The number of nitrogens with zero attached hydrogens (tertiary/aromatic N) is 2. The van der Waals surface area contributed by atoms with E-state index in [1.165, 1.54) is 4.90 Å². The monoisotopic (exact) mass is 504 g/mol. The summed E-state index contributed by atoms with van der Waals surface area (Å²) in [7, 11) is 0. The minimum Gasteiger partial charge on any atom is -0.507 e. The number of ketones is 1. The van der Waals surface area contributed by atoms with Gasteiger partial charge in [-0.2, -0.15) is 0 Å². The number of aryl methyl sites for hydroxylation is 1. The van der Waals surface area contributed by atoms with Crippen molar-refractivity contribution in [1.29, 1.82) is 0 Å². The Balaban J connectivity index is 1.96. The topological polar surface area (TPSA) is 79.7 Å². The molecular formula is C29H29ClN2O4. The molecule has 1 aliphatic heterocycles. The fourth-order valence-corrected chi connectivity index (χ4v) is 4.64. The summed E-state index contributed by atoms with van der Waals surface area (Å²) in [6.07, 6.45) is 3.21. The zero-order valence-electron chi connectivity index (χ0n) is 21.0. The Morgan fingerprint density at radius 2 is 1.89 bits per heavy atom. The lowest BCUT2D eigenvalue weighted by Crippen LogP contribution is -2.30. The summed E-state index contributed by atoms with van der Waals surface area (Å²) in [6, 6.07) is 13.1. The first-order valence-corrected chi connectivity index (χ1v) is 12.2. The van der Waals surface area contributed by atoms with Crippen LogP contribution in [0.15, 0.2) is 66.5 Å². The number of carbonyl (C=O) groups excluding carboxylic acids is 2. The van der Waals surface area contributed by atoms with Gasteiger partial charge in [-0.15, -0.1) is 0 Å². The lowest BCUT2D eigenvalue weighted by molar-refractivity contribution is -0.132. The summed E-state index contributed by atoms with van der Waals surface area (Å²) in [4.78, 5) is 32.5. The summed E-state index contributed by atoms with van der Waals surface area (Å²) in [5.74, 6) is -1.05. The van der Waals surface area contributed by atoms with Gasteiger partial charge in [-0.3, -0.25) is 19.5 Å². The third-order valence-electron chi connectivity index (χ3n) is 6.24. The zero-order chi connectivity index (χ0) is 26.2. The van der Waals surface area contributed by atoms with Crippen molar-refractivity contribution in [3.05, 3.63) is 93.8 Å². The van der Waals surface area contributed by atoms with Crippen LogP contribution in [0.3, 0.4) is 0 Å². The minimum absolute atomic E-state index is 0.00334. The Labute approximate surface area is 216 Å². The fourth-order valence-electron chi connectivity index (χ4n) is 4.48. The van der Waals surface area contributed by atoms with E-state index in [0.717, 1.165) is 11.1 Å². The summed E-state index contributed by atoms with van der Waals surface area (Å²) in [5, 5.41) is 12.0. The second kappa shape index (κ2) is 9.78. The quantitative estimate of drug-likeness (QED) is 0.248. The Hall–Kier alpha value is -3.64. The largest absolute Gasteiger partial charge is 0.507 e. The lowest BCUT2D eigenvalue weighted by atomic mass is 9.84. The summed E-state index contributed by atoms with van der Waals surface area (Å²) >= 11 is 6.26. The Kier molecular flexibility index (Phi) is 6.92. The van der Waals surface area contributed by atoms with Crippen LogP contribution in [0.1, 0.15) is 56.0 Å². The Morgan fingerprint density at radius 1 is 1.14 bits per heavy atom. The third-order valence-corrected chi connectivity index (χ3v) is 6.47. The number of hydrogen-bond donors (Lipinski definition) is 1. The summed E-state index contributed by atoms with van der Waals surface area (Å²) in [6.45, 7) is 10.4. The summed E-state index contributed by atoms with van der Waals surface area (Å²) < 4.78 is 5.80. The van der Waals surface area contributed by atoms with Crippen LogP contribution in [0.2, 0.25) is 5.02 Å². The SMILES string of the molecule is CCOc1ccc(/C(O)=C2/C(=O)C(=O)N(c3cc(Cl)ccc3C)C2c2cccnc2)cc1C(C)(C)C. The third kappa shape index (κ3) is 4.61. The molecule has 0 aliphatic carbocycles. The molecule has 1 saturated heterocycles. The van der Waals surface area contributed by atoms with Gasteiger partial charge in [0, 0.05) is 34.2 Å². The second-order valence-electron chi connectivity index (χ2n) is 9.78. The Morgan fingerprint density at radius 3 is 2.53 bits per heavy atom. The molecule has 1 amide bonds. The van der Waals surface area contributed by atoms with Gasteiger partial charge in [0.15, 0.2) is 0 Å². The first-order chi connectivity index (χ1) is 17.0. The van der Waals surface area contributed by atoms with Crippen LogP contribution in [0.4, 0.5) is 5.69 Å². The average Bonchev–Trinajstić information content (AvgIpc) is 3.11. The number of pyridine rings is 1. The number of aliphatic hydroxyl groups excluding tert-OH is 1. The van der Waals surface area contributed by atoms with E-state index in [-0.39, 0.29) is 16.7 Å². The zero-order valence-corrected chi connectivity index (χ0v) is 21.8. The highest BCUT2D eigenvalue weighted by molar-refractivity contribution is 6.52. The van der Waals surface area contributed by atoms with Gasteiger partial charge in [-0.25, -0.2) is 0 Å². The molecule has 1 aromatic heterocycles. The van der Waals surface area contributed by atoms with E-state index in [4.69, 9.17) is 16.3 Å². The maximum Gasteiger partial charge on any atom is 0.300 e. The number of amides is 1. The van der Waals surface area contributed by atoms with E-state index in [2.05, 4.69) is 4.98 Å². The molecule has 36 heavy (non-hydrogen) atoms. The molecule has 1 aliphatic rings. The highest BCUT2D eigenvalue weighted by atomic mass is 35.5. The van der Waals surface area contributed by atoms with Crippen LogP contribution >= 0.6 is 11.6 Å². The van der Waals surface area contributed by atoms with Gasteiger partial charge >= 0.3 is 0 Å². The van der Waals surface area contributed by atoms with Crippen molar-refractivity contribution >= 4 is 34.7 Å². The van der Waals surface area contributed by atoms with Gasteiger partial charge in [0.2, 0.25) is 0 Å². The van der Waals surface area contributed by atoms with Crippen molar-refractivity contribution in [1.82, 2.24) is 4.98 Å². The van der Waals surface area contributed by atoms with Crippen LogP contribution in [-0.4, -0.2) is 28.4 Å². The van der Waals surface area contributed by atoms with Crippen LogP contribution in [-0.2, 0) is 15.0 Å². The molecule has 0 spiro atoms. The minimum atomic E-state index is -0.875. The second-order valence-corrected chi connectivity index (χ2v) is 10.2. The average molecular weight is 505 g/mol. The number of aromatic nitrogens is 1. The number of anilines is 1. The van der Waals surface area contributed by atoms with Gasteiger partial charge < -0.3 is 9.84 Å². The molecule has 0 bridgehead atoms. The van der Waals surface area contributed by atoms with Gasteiger partial charge in [0.05, 0.1) is 18.2 Å². The molecule has 4 rings (SSSR count). The Bertz CT molecular complexity index is 1360. The molecule has 186 valence electrons. The molecule has 2 aromatic carbocycles. The number of ether oxygens (including phenoxy) is 1. The van der Waals surface area contributed by atoms with E-state index < -0.39 is 17.7 Å². The molecule has 3 aromatic rings. The van der Waals surface area contributed by atoms with Crippen molar-refractivity contribution < 1.29 is 19.4 Å². The van der Waals surface area contributed by atoms with E-state index >= 15 is 0 Å². The van der Waals surface area contributed by atoms with Crippen molar-refractivity contribution in [2.75, 3.05) is 11.5 Å². The number of aliphatic hydroxyl groups is 1. The van der Waals surface area contributed by atoms with Gasteiger partial charge in [-0.1, -0.05) is 44.5 Å².